The molecule has 104 valence electrons. The number of aliphatic hydroxyl groups excluding tert-OH is 1. The third kappa shape index (κ3) is 1.04. The smallest absolute Gasteiger partial charge is 0.306 e. The molecule has 0 spiro atoms. The maximum absolute atomic E-state index is 11.6. The van der Waals surface area contributed by atoms with Gasteiger partial charge < -0.3 is 14.6 Å². The van der Waals surface area contributed by atoms with E-state index in [0.717, 1.165) is 0 Å². The molecular formula is C14H17BrO4. The first-order valence-electron chi connectivity index (χ1n) is 7.24. The summed E-state index contributed by atoms with van der Waals surface area (Å²) < 4.78 is 11.6. The quantitative estimate of drug-likeness (QED) is 0.575. The molecule has 0 aromatic heterocycles. The van der Waals surface area contributed by atoms with Crippen LogP contribution >= 0.6 is 15.9 Å². The molecule has 5 rings (SSSR count). The second-order valence-corrected chi connectivity index (χ2v) is 8.03. The summed E-state index contributed by atoms with van der Waals surface area (Å²) >= 11 is 3.81. The molecule has 0 aromatic carbocycles. The number of carbonyl (C=O) groups is 1. The zero-order valence-corrected chi connectivity index (χ0v) is 12.1. The molecule has 5 aliphatic rings. The van der Waals surface area contributed by atoms with Gasteiger partial charge in [-0.1, -0.05) is 15.9 Å². The lowest BCUT2D eigenvalue weighted by Gasteiger charge is -2.46. The monoisotopic (exact) mass is 328 g/mol. The Bertz CT molecular complexity index is 468. The van der Waals surface area contributed by atoms with Gasteiger partial charge in [0.05, 0.1) is 25.2 Å². The molecule has 0 amide bonds. The van der Waals surface area contributed by atoms with Gasteiger partial charge in [-0.25, -0.2) is 0 Å². The van der Waals surface area contributed by atoms with E-state index in [9.17, 15) is 9.90 Å². The summed E-state index contributed by atoms with van der Waals surface area (Å²) in [7, 11) is 0. The van der Waals surface area contributed by atoms with Gasteiger partial charge in [-0.3, -0.25) is 4.79 Å². The fraction of sp³-hybridized carbons (Fsp3) is 0.929. The van der Waals surface area contributed by atoms with E-state index in [4.69, 9.17) is 9.47 Å². The number of fused-ring (bicyclic) bond motifs is 5. The SMILES string of the molecule is O=C1C[C@H]2[C@@H]3O[C@@H]4[C@@H](Br)[C@H]5C[C@@H]4[C@@H]3[C@@]5(CO)[C@H]2CO1. The zero-order valence-electron chi connectivity index (χ0n) is 10.5. The number of hydrogen-bond acceptors (Lipinski definition) is 4. The predicted octanol–water partition coefficient (Wildman–Crippen LogP) is 0.955. The fourth-order valence-corrected chi connectivity index (χ4v) is 7.58. The molecule has 0 unspecified atom stereocenters. The third-order valence-corrected chi connectivity index (χ3v) is 7.98. The molecule has 2 heterocycles. The van der Waals surface area contributed by atoms with Crippen LogP contribution in [0.3, 0.4) is 0 Å². The molecule has 5 fully saturated rings. The highest BCUT2D eigenvalue weighted by molar-refractivity contribution is 9.09. The summed E-state index contributed by atoms with van der Waals surface area (Å²) in [5.41, 5.74) is -0.0676. The van der Waals surface area contributed by atoms with Gasteiger partial charge in [0, 0.05) is 28.7 Å². The molecule has 0 radical (unpaired) electrons. The predicted molar refractivity (Wildman–Crippen MR) is 68.5 cm³/mol. The van der Waals surface area contributed by atoms with Crippen LogP contribution in [0.25, 0.3) is 0 Å². The first-order valence-corrected chi connectivity index (χ1v) is 8.16. The topological polar surface area (TPSA) is 55.8 Å². The Morgan fingerprint density at radius 1 is 1.32 bits per heavy atom. The minimum atomic E-state index is -0.0922. The fourth-order valence-electron chi connectivity index (χ4n) is 6.35. The number of halogens is 1. The van der Waals surface area contributed by atoms with Crippen LogP contribution in [0, 0.1) is 35.0 Å². The van der Waals surface area contributed by atoms with E-state index in [-0.39, 0.29) is 30.0 Å². The number of aliphatic hydroxyl groups is 1. The first-order chi connectivity index (χ1) is 9.18. The minimum Gasteiger partial charge on any atom is -0.465 e. The summed E-state index contributed by atoms with van der Waals surface area (Å²) in [6.45, 7) is 0.695. The van der Waals surface area contributed by atoms with Gasteiger partial charge in [0.15, 0.2) is 0 Å². The number of ether oxygens (including phenoxy) is 2. The van der Waals surface area contributed by atoms with Crippen LogP contribution in [-0.4, -0.2) is 41.3 Å². The Balaban J connectivity index is 1.66. The highest BCUT2D eigenvalue weighted by Gasteiger charge is 2.79. The van der Waals surface area contributed by atoms with Crippen molar-refractivity contribution >= 4 is 21.9 Å². The molecule has 1 N–H and O–H groups in total. The van der Waals surface area contributed by atoms with Gasteiger partial charge in [0.2, 0.25) is 0 Å². The van der Waals surface area contributed by atoms with Crippen molar-refractivity contribution in [1.29, 1.82) is 0 Å². The van der Waals surface area contributed by atoms with E-state index < -0.39 is 0 Å². The number of cyclic esters (lactones) is 1. The van der Waals surface area contributed by atoms with E-state index in [0.29, 0.717) is 47.6 Å². The summed E-state index contributed by atoms with van der Waals surface area (Å²) in [4.78, 5) is 12.0. The normalized spacial score (nSPS) is 64.4. The van der Waals surface area contributed by atoms with E-state index >= 15 is 0 Å². The Kier molecular flexibility index (Phi) is 2.04. The van der Waals surface area contributed by atoms with Gasteiger partial charge >= 0.3 is 5.97 Å². The third-order valence-electron chi connectivity index (χ3n) is 6.82. The van der Waals surface area contributed by atoms with Gasteiger partial charge in [-0.15, -0.1) is 0 Å². The molecule has 5 heteroatoms. The van der Waals surface area contributed by atoms with Crippen molar-refractivity contribution in [2.75, 3.05) is 13.2 Å². The lowest BCUT2D eigenvalue weighted by molar-refractivity contribution is -0.162. The van der Waals surface area contributed by atoms with Crippen molar-refractivity contribution in [3.05, 3.63) is 0 Å². The summed E-state index contributed by atoms with van der Waals surface area (Å²) in [6, 6.07) is 0. The second-order valence-electron chi connectivity index (χ2n) is 6.97. The molecule has 4 nitrogen and oxygen atoms in total. The van der Waals surface area contributed by atoms with Crippen LogP contribution in [0.5, 0.6) is 0 Å². The second kappa shape index (κ2) is 3.37. The first kappa shape index (κ1) is 11.5. The molecule has 2 bridgehead atoms. The van der Waals surface area contributed by atoms with E-state index in [1.54, 1.807) is 0 Å². The molecule has 2 aliphatic heterocycles. The van der Waals surface area contributed by atoms with Gasteiger partial charge in [0.1, 0.15) is 0 Å². The maximum Gasteiger partial charge on any atom is 0.306 e. The van der Waals surface area contributed by atoms with Crippen LogP contribution < -0.4 is 0 Å². The zero-order chi connectivity index (χ0) is 12.9. The average molecular weight is 329 g/mol. The number of rotatable bonds is 1. The Morgan fingerprint density at radius 3 is 2.95 bits per heavy atom. The number of hydrogen-bond donors (Lipinski definition) is 1. The Morgan fingerprint density at radius 2 is 2.16 bits per heavy atom. The van der Waals surface area contributed by atoms with Crippen LogP contribution in [0.2, 0.25) is 0 Å². The molecule has 19 heavy (non-hydrogen) atoms. The van der Waals surface area contributed by atoms with Crippen molar-refractivity contribution < 1.29 is 19.4 Å². The van der Waals surface area contributed by atoms with Crippen LogP contribution in [-0.2, 0) is 14.3 Å². The molecule has 2 saturated heterocycles. The van der Waals surface area contributed by atoms with Gasteiger partial charge in [-0.2, -0.15) is 0 Å². The average Bonchev–Trinajstić information content (AvgIpc) is 3.05. The number of alkyl halides is 1. The van der Waals surface area contributed by atoms with Crippen LogP contribution in [0.1, 0.15) is 12.8 Å². The highest BCUT2D eigenvalue weighted by Crippen LogP contribution is 2.75. The molecule has 3 aliphatic carbocycles. The lowest BCUT2D eigenvalue weighted by atomic mass is 9.63. The summed E-state index contributed by atoms with van der Waals surface area (Å²) in [5, 5.41) is 10.2. The Hall–Kier alpha value is -0.130. The van der Waals surface area contributed by atoms with Crippen molar-refractivity contribution in [3.8, 4) is 0 Å². The molecular weight excluding hydrogens is 312 g/mol. The van der Waals surface area contributed by atoms with Crippen molar-refractivity contribution in [3.63, 3.8) is 0 Å². The van der Waals surface area contributed by atoms with Crippen molar-refractivity contribution in [1.82, 2.24) is 0 Å². The Labute approximate surface area is 120 Å². The van der Waals surface area contributed by atoms with Gasteiger partial charge in [0.25, 0.3) is 0 Å². The minimum absolute atomic E-state index is 0.0676. The van der Waals surface area contributed by atoms with Crippen LogP contribution in [0.4, 0.5) is 0 Å². The maximum atomic E-state index is 11.6. The van der Waals surface area contributed by atoms with Crippen LogP contribution in [0.15, 0.2) is 0 Å². The van der Waals surface area contributed by atoms with Crippen molar-refractivity contribution in [2.45, 2.75) is 29.9 Å². The highest BCUT2D eigenvalue weighted by atomic mass is 79.9. The standard InChI is InChI=1S/C14H17BrO4/c15-11-7-1-6-10-12(19-13(6)11)5-2-9(17)18-3-8(5)14(7,10)4-16/h5-8,10-13,16H,1-4H2/t5-,6-,7-,8+,10+,11+,12+,13+,14-/m1/s1. The summed E-state index contributed by atoms with van der Waals surface area (Å²) in [5.74, 6) is 1.98. The summed E-state index contributed by atoms with van der Waals surface area (Å²) in [6.07, 6.45) is 2.12. The molecule has 0 aromatic rings. The molecule has 3 saturated carbocycles. The lowest BCUT2D eigenvalue weighted by Crippen LogP contribution is -2.51. The van der Waals surface area contributed by atoms with E-state index in [1.165, 1.54) is 6.42 Å². The van der Waals surface area contributed by atoms with Gasteiger partial charge in [-0.05, 0) is 24.2 Å². The van der Waals surface area contributed by atoms with E-state index in [1.807, 2.05) is 0 Å². The van der Waals surface area contributed by atoms with Crippen molar-refractivity contribution in [2.24, 2.45) is 35.0 Å². The number of carbonyl (C=O) groups excluding carboxylic acids is 1. The largest absolute Gasteiger partial charge is 0.465 e. The van der Waals surface area contributed by atoms with E-state index in [2.05, 4.69) is 15.9 Å². The number of esters is 1. The molecule has 9 atom stereocenters.